The normalized spacial score (nSPS) is 11.5. The lowest BCUT2D eigenvalue weighted by atomic mass is 9.92. The number of aromatic nitrogens is 2. The number of benzene rings is 7. The Hall–Kier alpha value is -6.88. The summed E-state index contributed by atoms with van der Waals surface area (Å²) in [7, 11) is 0. The van der Waals surface area contributed by atoms with Gasteiger partial charge >= 0.3 is 0 Å². The molecule has 0 aliphatic carbocycles. The van der Waals surface area contributed by atoms with Crippen LogP contribution in [0.1, 0.15) is 44.5 Å². The van der Waals surface area contributed by atoms with E-state index in [1.165, 1.54) is 43.8 Å². The van der Waals surface area contributed by atoms with Gasteiger partial charge in [-0.1, -0.05) is 70.8 Å². The van der Waals surface area contributed by atoms with E-state index in [1.807, 2.05) is 26.0 Å². The first-order valence-corrected chi connectivity index (χ1v) is 18.4. The summed E-state index contributed by atoms with van der Waals surface area (Å²) >= 11 is 0. The SMILES string of the molecule is Cc1ccc2c(c1)c1cc(C)ccc1n2-c1cc(-n2c3ccc(C)cc3c3cc(C)ccc32)c(-c2ccc(C#N)c(C)c2)cc1-c1ccc(C#N)c(C)c1. The third-order valence-electron chi connectivity index (χ3n) is 11.1. The van der Waals surface area contributed by atoms with Crippen LogP contribution in [0.4, 0.5) is 0 Å². The molecule has 0 saturated carbocycles. The highest BCUT2D eigenvalue weighted by molar-refractivity contribution is 6.12. The molecule has 9 aromatic rings. The van der Waals surface area contributed by atoms with Gasteiger partial charge in [-0.15, -0.1) is 0 Å². The maximum atomic E-state index is 9.90. The Kier molecular flexibility index (Phi) is 7.56. The molecule has 9 rings (SSSR count). The van der Waals surface area contributed by atoms with Crippen LogP contribution < -0.4 is 0 Å². The number of fused-ring (bicyclic) bond motifs is 6. The van der Waals surface area contributed by atoms with E-state index >= 15 is 0 Å². The molecule has 0 radical (unpaired) electrons. The van der Waals surface area contributed by atoms with Gasteiger partial charge in [-0.3, -0.25) is 0 Å². The number of nitriles is 2. The van der Waals surface area contributed by atoms with Gasteiger partial charge in [0.05, 0.1) is 56.7 Å². The van der Waals surface area contributed by atoms with Crippen molar-refractivity contribution in [3.8, 4) is 45.8 Å². The average Bonchev–Trinajstić information content (AvgIpc) is 3.65. The highest BCUT2D eigenvalue weighted by Gasteiger charge is 2.23. The molecular formula is C50H38N4. The lowest BCUT2D eigenvalue weighted by molar-refractivity contribution is 1.13. The summed E-state index contributed by atoms with van der Waals surface area (Å²) in [6.45, 7) is 12.6. The summed E-state index contributed by atoms with van der Waals surface area (Å²) in [6.07, 6.45) is 0. The second-order valence-corrected chi connectivity index (χ2v) is 14.9. The molecular weight excluding hydrogens is 657 g/mol. The van der Waals surface area contributed by atoms with E-state index in [0.29, 0.717) is 11.1 Å². The Labute approximate surface area is 315 Å². The summed E-state index contributed by atoms with van der Waals surface area (Å²) < 4.78 is 4.85. The van der Waals surface area contributed by atoms with Crippen LogP contribution in [0.15, 0.2) is 121 Å². The Morgan fingerprint density at radius 1 is 0.370 bits per heavy atom. The van der Waals surface area contributed by atoms with Crippen molar-refractivity contribution in [2.75, 3.05) is 0 Å². The van der Waals surface area contributed by atoms with Gasteiger partial charge in [-0.25, -0.2) is 0 Å². The van der Waals surface area contributed by atoms with Gasteiger partial charge in [0.2, 0.25) is 0 Å². The lowest BCUT2D eigenvalue weighted by Gasteiger charge is -2.22. The molecule has 0 spiro atoms. The van der Waals surface area contributed by atoms with Gasteiger partial charge in [0.15, 0.2) is 0 Å². The second-order valence-electron chi connectivity index (χ2n) is 14.9. The van der Waals surface area contributed by atoms with Crippen LogP contribution in [0.3, 0.4) is 0 Å². The van der Waals surface area contributed by atoms with Crippen LogP contribution in [-0.2, 0) is 0 Å². The maximum Gasteiger partial charge on any atom is 0.0994 e. The Morgan fingerprint density at radius 3 is 1.00 bits per heavy atom. The van der Waals surface area contributed by atoms with Crippen LogP contribution in [0.25, 0.3) is 77.2 Å². The van der Waals surface area contributed by atoms with Crippen molar-refractivity contribution < 1.29 is 0 Å². The summed E-state index contributed by atoms with van der Waals surface area (Å²) in [6, 6.07) is 48.7. The second kappa shape index (κ2) is 12.4. The molecule has 7 aromatic carbocycles. The zero-order chi connectivity index (χ0) is 37.4. The molecule has 54 heavy (non-hydrogen) atoms. The van der Waals surface area contributed by atoms with Crippen molar-refractivity contribution in [1.82, 2.24) is 9.13 Å². The van der Waals surface area contributed by atoms with Gasteiger partial charge in [0, 0.05) is 32.7 Å². The van der Waals surface area contributed by atoms with Gasteiger partial charge < -0.3 is 9.13 Å². The average molecular weight is 695 g/mol. The van der Waals surface area contributed by atoms with Crippen molar-refractivity contribution in [3.05, 3.63) is 166 Å². The monoisotopic (exact) mass is 694 g/mol. The predicted molar refractivity (Wildman–Crippen MR) is 224 cm³/mol. The summed E-state index contributed by atoms with van der Waals surface area (Å²) in [5, 5.41) is 24.7. The fourth-order valence-electron chi connectivity index (χ4n) is 8.34. The fourth-order valence-corrected chi connectivity index (χ4v) is 8.34. The molecule has 0 N–H and O–H groups in total. The van der Waals surface area contributed by atoms with Crippen LogP contribution in [0.2, 0.25) is 0 Å². The standard InChI is InChI=1S/C50H38N4/c1-29-7-15-45-41(19-29)42-20-30(2)8-16-46(42)53(45)49-26-50(54-47-17-9-31(3)21-43(47)44-22-32(4)10-18-48(44)54)40(36-12-14-38(28-52)34(6)24-36)25-39(49)35-11-13-37(27-51)33(5)23-35/h7-26H,1-6H3. The van der Waals surface area contributed by atoms with Gasteiger partial charge in [0.1, 0.15) is 0 Å². The van der Waals surface area contributed by atoms with Crippen molar-refractivity contribution in [2.24, 2.45) is 0 Å². The van der Waals surface area contributed by atoms with Crippen molar-refractivity contribution in [3.63, 3.8) is 0 Å². The fraction of sp³-hybridized carbons (Fsp3) is 0.120. The minimum absolute atomic E-state index is 0.665. The van der Waals surface area contributed by atoms with Crippen molar-refractivity contribution >= 4 is 43.6 Å². The van der Waals surface area contributed by atoms with E-state index < -0.39 is 0 Å². The molecule has 0 amide bonds. The number of hydrogen-bond acceptors (Lipinski definition) is 2. The smallest absolute Gasteiger partial charge is 0.0994 e. The zero-order valence-corrected chi connectivity index (χ0v) is 31.3. The van der Waals surface area contributed by atoms with Gasteiger partial charge in [-0.2, -0.15) is 10.5 Å². The first kappa shape index (κ1) is 33.0. The first-order chi connectivity index (χ1) is 26.1. The van der Waals surface area contributed by atoms with Gasteiger partial charge in [-0.05, 0) is 137 Å². The molecule has 0 aliphatic rings. The maximum absolute atomic E-state index is 9.90. The number of aryl methyl sites for hydroxylation is 6. The Bertz CT molecular complexity index is 2810. The number of rotatable bonds is 4. The molecule has 0 saturated heterocycles. The molecule has 0 bridgehead atoms. The molecule has 4 nitrogen and oxygen atoms in total. The highest BCUT2D eigenvalue weighted by Crippen LogP contribution is 2.44. The summed E-state index contributed by atoms with van der Waals surface area (Å²) in [5.74, 6) is 0. The Morgan fingerprint density at radius 2 is 0.704 bits per heavy atom. The third kappa shape index (κ3) is 5.11. The lowest BCUT2D eigenvalue weighted by Crippen LogP contribution is -2.04. The van der Waals surface area contributed by atoms with E-state index in [4.69, 9.17) is 0 Å². The molecule has 258 valence electrons. The summed E-state index contributed by atoms with van der Waals surface area (Å²) in [4.78, 5) is 0. The minimum atomic E-state index is 0.665. The number of hydrogen-bond donors (Lipinski definition) is 0. The molecule has 0 fully saturated rings. The first-order valence-electron chi connectivity index (χ1n) is 18.4. The third-order valence-corrected chi connectivity index (χ3v) is 11.1. The summed E-state index contributed by atoms with van der Waals surface area (Å²) in [5.41, 5.74) is 18.9. The van der Waals surface area contributed by atoms with E-state index in [2.05, 4.69) is 158 Å². The molecule has 0 aliphatic heterocycles. The zero-order valence-electron chi connectivity index (χ0n) is 31.3. The Balaban J connectivity index is 1.50. The topological polar surface area (TPSA) is 57.4 Å². The van der Waals surface area contributed by atoms with E-state index in [9.17, 15) is 10.5 Å². The highest BCUT2D eigenvalue weighted by atomic mass is 15.0. The van der Waals surface area contributed by atoms with Crippen LogP contribution in [0.5, 0.6) is 0 Å². The van der Waals surface area contributed by atoms with E-state index in [1.54, 1.807) is 0 Å². The van der Waals surface area contributed by atoms with E-state index in [0.717, 1.165) is 66.8 Å². The molecule has 0 unspecified atom stereocenters. The minimum Gasteiger partial charge on any atom is -0.309 e. The van der Waals surface area contributed by atoms with Crippen LogP contribution >= 0.6 is 0 Å². The molecule has 2 aromatic heterocycles. The molecule has 2 heterocycles. The van der Waals surface area contributed by atoms with Crippen LogP contribution in [0, 0.1) is 64.2 Å². The number of nitrogens with zero attached hydrogens (tertiary/aromatic N) is 4. The largest absolute Gasteiger partial charge is 0.309 e. The van der Waals surface area contributed by atoms with Crippen molar-refractivity contribution in [1.29, 1.82) is 10.5 Å². The predicted octanol–water partition coefficient (Wildman–Crippen LogP) is 12.8. The van der Waals surface area contributed by atoms with E-state index in [-0.39, 0.29) is 0 Å². The van der Waals surface area contributed by atoms with Crippen molar-refractivity contribution in [2.45, 2.75) is 41.5 Å². The molecule has 0 atom stereocenters. The quantitative estimate of drug-likeness (QED) is 0.184. The van der Waals surface area contributed by atoms with Gasteiger partial charge in [0.25, 0.3) is 0 Å². The molecule has 4 heteroatoms. The van der Waals surface area contributed by atoms with Crippen LogP contribution in [-0.4, -0.2) is 9.13 Å².